The molecule has 1 saturated heterocycles. The lowest BCUT2D eigenvalue weighted by molar-refractivity contribution is -0.137. The molecular weight excluding hydrogens is 238 g/mol. The van der Waals surface area contributed by atoms with Crippen LogP contribution in [0.4, 0.5) is 0 Å². The first kappa shape index (κ1) is 14.8. The van der Waals surface area contributed by atoms with Crippen LogP contribution in [0.1, 0.15) is 64.7 Å². The molecule has 1 aliphatic heterocycles. The van der Waals surface area contributed by atoms with Gasteiger partial charge in [0.25, 0.3) is 0 Å². The van der Waals surface area contributed by atoms with Crippen molar-refractivity contribution in [2.45, 2.75) is 64.7 Å². The molecule has 0 amide bonds. The van der Waals surface area contributed by atoms with Gasteiger partial charge in [-0.15, -0.1) is 0 Å². The molecule has 0 bridgehead atoms. The van der Waals surface area contributed by atoms with Crippen molar-refractivity contribution in [3.8, 4) is 0 Å². The average molecular weight is 267 g/mol. The number of carbonyl (C=O) groups is 1. The van der Waals surface area contributed by atoms with Gasteiger partial charge in [0, 0.05) is 19.5 Å². The minimum atomic E-state index is -0.649. The van der Waals surface area contributed by atoms with Crippen LogP contribution in [-0.2, 0) is 4.79 Å². The largest absolute Gasteiger partial charge is 0.481 e. The molecule has 1 atom stereocenters. The number of hydrogen-bond donors (Lipinski definition) is 1. The van der Waals surface area contributed by atoms with E-state index in [-0.39, 0.29) is 0 Å². The summed E-state index contributed by atoms with van der Waals surface area (Å²) in [5.41, 5.74) is 0.682. The highest BCUT2D eigenvalue weighted by molar-refractivity contribution is 5.66. The molecule has 3 nitrogen and oxygen atoms in total. The molecule has 1 aliphatic carbocycles. The molecule has 1 N–H and O–H groups in total. The Kier molecular flexibility index (Phi) is 5.26. The Morgan fingerprint density at radius 3 is 2.47 bits per heavy atom. The smallest absolute Gasteiger partial charge is 0.303 e. The maximum absolute atomic E-state index is 10.6. The van der Waals surface area contributed by atoms with Crippen molar-refractivity contribution in [2.75, 3.05) is 19.6 Å². The van der Waals surface area contributed by atoms with Crippen LogP contribution >= 0.6 is 0 Å². The van der Waals surface area contributed by atoms with Crippen LogP contribution in [0.2, 0.25) is 0 Å². The van der Waals surface area contributed by atoms with Gasteiger partial charge in [0.05, 0.1) is 0 Å². The summed E-state index contributed by atoms with van der Waals surface area (Å²) in [5, 5.41) is 8.75. The lowest BCUT2D eigenvalue weighted by Crippen LogP contribution is -2.57. The first-order valence-corrected chi connectivity index (χ1v) is 8.08. The van der Waals surface area contributed by atoms with E-state index in [1.807, 2.05) is 0 Å². The topological polar surface area (TPSA) is 40.5 Å². The Balaban J connectivity index is 1.62. The lowest BCUT2D eigenvalue weighted by Gasteiger charge is -2.53. The maximum atomic E-state index is 10.6. The summed E-state index contributed by atoms with van der Waals surface area (Å²) in [6, 6.07) is 0. The normalized spacial score (nSPS) is 24.1. The second kappa shape index (κ2) is 6.74. The zero-order valence-electron chi connectivity index (χ0n) is 12.4. The Hall–Kier alpha value is -0.570. The van der Waals surface area contributed by atoms with Crippen LogP contribution < -0.4 is 0 Å². The highest BCUT2D eigenvalue weighted by Crippen LogP contribution is 2.43. The van der Waals surface area contributed by atoms with E-state index in [1.54, 1.807) is 0 Å². The number of likely N-dealkylation sites (tertiary alicyclic amines) is 1. The van der Waals surface area contributed by atoms with E-state index < -0.39 is 5.97 Å². The minimum absolute atomic E-state index is 0.336. The monoisotopic (exact) mass is 267 g/mol. The van der Waals surface area contributed by atoms with Crippen molar-refractivity contribution in [1.29, 1.82) is 0 Å². The van der Waals surface area contributed by atoms with Gasteiger partial charge >= 0.3 is 5.97 Å². The molecule has 2 rings (SSSR count). The molecule has 2 aliphatic rings. The zero-order valence-corrected chi connectivity index (χ0v) is 12.4. The van der Waals surface area contributed by atoms with Crippen molar-refractivity contribution in [3.63, 3.8) is 0 Å². The summed E-state index contributed by atoms with van der Waals surface area (Å²) in [4.78, 5) is 13.2. The Bertz CT molecular complexity index is 289. The van der Waals surface area contributed by atoms with Crippen molar-refractivity contribution >= 4 is 5.97 Å². The summed E-state index contributed by atoms with van der Waals surface area (Å²) in [6.45, 7) is 5.98. The molecule has 1 heterocycles. The molecule has 3 heteroatoms. The quantitative estimate of drug-likeness (QED) is 0.767. The van der Waals surface area contributed by atoms with Crippen LogP contribution in [-0.4, -0.2) is 35.6 Å². The van der Waals surface area contributed by atoms with Gasteiger partial charge in [0.15, 0.2) is 0 Å². The molecule has 1 unspecified atom stereocenters. The number of hydrogen-bond acceptors (Lipinski definition) is 2. The number of carboxylic acid groups (broad SMARTS) is 1. The van der Waals surface area contributed by atoms with Crippen molar-refractivity contribution in [2.24, 2.45) is 11.3 Å². The highest BCUT2D eigenvalue weighted by Gasteiger charge is 2.42. The Labute approximate surface area is 117 Å². The molecule has 1 spiro atoms. The molecule has 0 radical (unpaired) electrons. The summed E-state index contributed by atoms with van der Waals surface area (Å²) >= 11 is 0. The van der Waals surface area contributed by atoms with E-state index >= 15 is 0 Å². The van der Waals surface area contributed by atoms with Crippen LogP contribution in [0.5, 0.6) is 0 Å². The van der Waals surface area contributed by atoms with Crippen molar-refractivity contribution in [1.82, 2.24) is 4.90 Å². The summed E-state index contributed by atoms with van der Waals surface area (Å²) < 4.78 is 0. The van der Waals surface area contributed by atoms with E-state index in [0.29, 0.717) is 17.8 Å². The predicted molar refractivity (Wildman–Crippen MR) is 77.2 cm³/mol. The maximum Gasteiger partial charge on any atom is 0.303 e. The van der Waals surface area contributed by atoms with Crippen LogP contribution in [0.25, 0.3) is 0 Å². The first-order valence-electron chi connectivity index (χ1n) is 8.08. The summed E-state index contributed by atoms with van der Waals surface area (Å²) in [5.74, 6) is -0.0532. The molecule has 110 valence electrons. The van der Waals surface area contributed by atoms with Crippen molar-refractivity contribution in [3.05, 3.63) is 0 Å². The molecule has 1 saturated carbocycles. The third-order valence-electron chi connectivity index (χ3n) is 5.23. The van der Waals surface area contributed by atoms with Gasteiger partial charge in [0.2, 0.25) is 0 Å². The molecule has 0 aromatic heterocycles. The molecule has 0 aromatic carbocycles. The SMILES string of the molecule is CCC(CCC(=O)O)CCN1CC2(CCCCC2)C1. The standard InChI is InChI=1S/C16H29NO2/c1-2-14(6-7-15(18)19)8-11-17-12-16(13-17)9-4-3-5-10-16/h14H,2-13H2,1H3,(H,18,19). The zero-order chi connectivity index (χ0) is 13.7. The predicted octanol–water partition coefficient (Wildman–Crippen LogP) is 3.53. The highest BCUT2D eigenvalue weighted by atomic mass is 16.4. The third kappa shape index (κ3) is 4.20. The lowest BCUT2D eigenvalue weighted by atomic mass is 9.68. The van der Waals surface area contributed by atoms with E-state index in [4.69, 9.17) is 5.11 Å². The number of rotatable bonds is 7. The summed E-state index contributed by atoms with van der Waals surface area (Å²) in [6.07, 6.45) is 10.7. The average Bonchev–Trinajstić information content (AvgIpc) is 2.37. The van der Waals surface area contributed by atoms with Gasteiger partial charge in [-0.3, -0.25) is 4.79 Å². The fourth-order valence-corrected chi connectivity index (χ4v) is 3.92. The molecule has 0 aromatic rings. The van der Waals surface area contributed by atoms with E-state index in [9.17, 15) is 4.79 Å². The van der Waals surface area contributed by atoms with Gasteiger partial charge in [-0.1, -0.05) is 32.6 Å². The fourth-order valence-electron chi connectivity index (χ4n) is 3.92. The minimum Gasteiger partial charge on any atom is -0.481 e. The fraction of sp³-hybridized carbons (Fsp3) is 0.938. The number of nitrogens with zero attached hydrogens (tertiary/aromatic N) is 1. The number of aliphatic carboxylic acids is 1. The van der Waals surface area contributed by atoms with Crippen LogP contribution in [0.15, 0.2) is 0 Å². The van der Waals surface area contributed by atoms with Gasteiger partial charge in [-0.05, 0) is 43.6 Å². The van der Waals surface area contributed by atoms with Gasteiger partial charge < -0.3 is 10.0 Å². The van der Waals surface area contributed by atoms with E-state index in [0.717, 1.165) is 12.8 Å². The summed E-state index contributed by atoms with van der Waals surface area (Å²) in [7, 11) is 0. The van der Waals surface area contributed by atoms with Gasteiger partial charge in [-0.2, -0.15) is 0 Å². The van der Waals surface area contributed by atoms with E-state index in [2.05, 4.69) is 11.8 Å². The van der Waals surface area contributed by atoms with E-state index in [1.165, 1.54) is 58.2 Å². The Morgan fingerprint density at radius 1 is 1.21 bits per heavy atom. The molecule has 19 heavy (non-hydrogen) atoms. The van der Waals surface area contributed by atoms with Crippen LogP contribution in [0, 0.1) is 11.3 Å². The van der Waals surface area contributed by atoms with Gasteiger partial charge in [-0.25, -0.2) is 0 Å². The number of carboxylic acids is 1. The third-order valence-corrected chi connectivity index (χ3v) is 5.23. The second-order valence-corrected chi connectivity index (χ2v) is 6.77. The van der Waals surface area contributed by atoms with Crippen molar-refractivity contribution < 1.29 is 9.90 Å². The molecular formula is C16H29NO2. The Morgan fingerprint density at radius 2 is 1.89 bits per heavy atom. The molecule has 2 fully saturated rings. The van der Waals surface area contributed by atoms with Crippen LogP contribution in [0.3, 0.4) is 0 Å². The first-order chi connectivity index (χ1) is 9.13. The second-order valence-electron chi connectivity index (χ2n) is 6.77. The van der Waals surface area contributed by atoms with Gasteiger partial charge in [0.1, 0.15) is 0 Å².